The molecule has 0 radical (unpaired) electrons. The third-order valence-corrected chi connectivity index (χ3v) is 7.30. The van der Waals surface area contributed by atoms with Gasteiger partial charge in [0.05, 0.1) is 17.2 Å². The number of aromatic amines is 1. The summed E-state index contributed by atoms with van der Waals surface area (Å²) in [5, 5.41) is 5.10. The van der Waals surface area contributed by atoms with Crippen molar-refractivity contribution >= 4 is 72.6 Å². The summed E-state index contributed by atoms with van der Waals surface area (Å²) in [6, 6.07) is 7.57. The number of anilines is 1. The van der Waals surface area contributed by atoms with E-state index in [4.69, 9.17) is 14.2 Å². The predicted molar refractivity (Wildman–Crippen MR) is 183 cm³/mol. The average molecular weight is 725 g/mol. The van der Waals surface area contributed by atoms with E-state index in [2.05, 4.69) is 31.0 Å². The van der Waals surface area contributed by atoms with Crippen LogP contribution in [0, 0.1) is 5.82 Å². The Kier molecular flexibility index (Phi) is 8.61. The minimum Gasteiger partial charge on any atom is -0.443 e. The van der Waals surface area contributed by atoms with Gasteiger partial charge in [-0.15, -0.1) is 0 Å². The SMILES string of the molecule is CC(C)(C)OC(=O)N(C(=O)OC(C)(C)C)c1c(-c2ccc(F)c3c2cnn3C(=O)OC(C)(C)C)c2cc(Br)c3ncccc3c2[nH]c1=O. The first kappa shape index (κ1) is 34.5. The molecule has 0 saturated heterocycles. The first-order valence-electron chi connectivity index (χ1n) is 15.0. The van der Waals surface area contributed by atoms with Gasteiger partial charge in [0.2, 0.25) is 0 Å². The number of aromatic nitrogens is 4. The van der Waals surface area contributed by atoms with Crippen molar-refractivity contribution in [3.63, 3.8) is 0 Å². The van der Waals surface area contributed by atoms with Crippen LogP contribution in [0.3, 0.4) is 0 Å². The summed E-state index contributed by atoms with van der Waals surface area (Å²) in [6.45, 7) is 14.6. The Morgan fingerprint density at radius 3 is 2.06 bits per heavy atom. The highest BCUT2D eigenvalue weighted by Crippen LogP contribution is 2.43. The molecule has 0 fully saturated rings. The molecule has 14 heteroatoms. The lowest BCUT2D eigenvalue weighted by atomic mass is 9.94. The number of H-pyrrole nitrogens is 1. The molecule has 5 aromatic rings. The van der Waals surface area contributed by atoms with Crippen LogP contribution in [0.4, 0.5) is 24.5 Å². The first-order valence-corrected chi connectivity index (χ1v) is 15.8. The number of fused-ring (bicyclic) bond motifs is 4. The number of hydrogen-bond donors (Lipinski definition) is 1. The van der Waals surface area contributed by atoms with Gasteiger partial charge in [0, 0.05) is 32.4 Å². The number of benzene rings is 2. The number of nitrogens with zero attached hydrogens (tertiary/aromatic N) is 4. The number of imide groups is 1. The molecule has 48 heavy (non-hydrogen) atoms. The molecule has 252 valence electrons. The van der Waals surface area contributed by atoms with Crippen LogP contribution < -0.4 is 10.5 Å². The highest BCUT2D eigenvalue weighted by Gasteiger charge is 2.38. The van der Waals surface area contributed by atoms with Gasteiger partial charge in [-0.1, -0.05) is 6.07 Å². The second kappa shape index (κ2) is 12.0. The Hall–Kier alpha value is -4.85. The van der Waals surface area contributed by atoms with Crippen LogP contribution in [0.15, 0.2) is 52.0 Å². The zero-order valence-electron chi connectivity index (χ0n) is 27.9. The molecule has 0 saturated carbocycles. The van der Waals surface area contributed by atoms with E-state index in [-0.39, 0.29) is 22.0 Å². The zero-order valence-corrected chi connectivity index (χ0v) is 29.5. The smallest absolute Gasteiger partial charge is 0.435 e. The fourth-order valence-corrected chi connectivity index (χ4v) is 5.62. The minimum atomic E-state index is -1.19. The molecule has 0 aliphatic heterocycles. The van der Waals surface area contributed by atoms with Crippen molar-refractivity contribution in [2.75, 3.05) is 4.90 Å². The summed E-state index contributed by atoms with van der Waals surface area (Å²) < 4.78 is 33.6. The van der Waals surface area contributed by atoms with Gasteiger partial charge in [0.1, 0.15) is 33.8 Å². The Balaban J connectivity index is 1.95. The number of halogens is 2. The van der Waals surface area contributed by atoms with Crippen molar-refractivity contribution in [3.8, 4) is 11.1 Å². The van der Waals surface area contributed by atoms with Gasteiger partial charge in [-0.25, -0.2) is 18.8 Å². The molecule has 12 nitrogen and oxygen atoms in total. The molecule has 3 heterocycles. The van der Waals surface area contributed by atoms with Crippen LogP contribution >= 0.6 is 15.9 Å². The van der Waals surface area contributed by atoms with Crippen LogP contribution in [0.5, 0.6) is 0 Å². The number of pyridine rings is 2. The lowest BCUT2D eigenvalue weighted by Gasteiger charge is -2.29. The van der Waals surface area contributed by atoms with Gasteiger partial charge in [-0.3, -0.25) is 9.78 Å². The van der Waals surface area contributed by atoms with E-state index in [0.717, 1.165) is 10.7 Å². The summed E-state index contributed by atoms with van der Waals surface area (Å²) >= 11 is 3.57. The molecule has 0 bridgehead atoms. The number of nitrogens with one attached hydrogen (secondary N) is 1. The quantitative estimate of drug-likeness (QED) is 0.140. The summed E-state index contributed by atoms with van der Waals surface area (Å²) in [5.41, 5.74) is -3.60. The minimum absolute atomic E-state index is 0.0330. The topological polar surface area (TPSA) is 146 Å². The number of carbonyl (C=O) groups excluding carboxylic acids is 3. The summed E-state index contributed by atoms with van der Waals surface area (Å²) in [4.78, 5) is 62.9. The molecule has 5 rings (SSSR count). The van der Waals surface area contributed by atoms with Crippen molar-refractivity contribution in [2.24, 2.45) is 0 Å². The largest absolute Gasteiger partial charge is 0.443 e. The van der Waals surface area contributed by atoms with Crippen LogP contribution in [-0.4, -0.2) is 54.8 Å². The molecule has 0 spiro atoms. The maximum absolute atomic E-state index is 15.6. The van der Waals surface area contributed by atoms with Crippen molar-refractivity contribution in [1.82, 2.24) is 19.7 Å². The van der Waals surface area contributed by atoms with Crippen LogP contribution in [-0.2, 0) is 14.2 Å². The molecule has 2 amide bonds. The fourth-order valence-electron chi connectivity index (χ4n) is 5.08. The van der Waals surface area contributed by atoms with Crippen LogP contribution in [0.1, 0.15) is 62.3 Å². The average Bonchev–Trinajstić information content (AvgIpc) is 3.39. The van der Waals surface area contributed by atoms with Gasteiger partial charge in [0.15, 0.2) is 0 Å². The zero-order chi connectivity index (χ0) is 35.5. The monoisotopic (exact) mass is 723 g/mol. The predicted octanol–water partition coefficient (Wildman–Crippen LogP) is 8.45. The molecule has 0 aliphatic rings. The highest BCUT2D eigenvalue weighted by molar-refractivity contribution is 9.10. The third kappa shape index (κ3) is 6.75. The number of ether oxygens (including phenoxy) is 3. The van der Waals surface area contributed by atoms with E-state index in [1.54, 1.807) is 86.7 Å². The van der Waals surface area contributed by atoms with Crippen molar-refractivity contribution < 1.29 is 33.0 Å². The number of carbonyl (C=O) groups is 3. The fraction of sp³-hybridized carbons (Fsp3) is 0.353. The van der Waals surface area contributed by atoms with E-state index >= 15 is 4.39 Å². The molecule has 0 aliphatic carbocycles. The van der Waals surface area contributed by atoms with Crippen LogP contribution in [0.2, 0.25) is 0 Å². The normalized spacial score (nSPS) is 12.4. The second-order valence-electron chi connectivity index (χ2n) is 14.0. The number of hydrogen-bond acceptors (Lipinski definition) is 9. The molecule has 0 unspecified atom stereocenters. The lowest BCUT2D eigenvalue weighted by Crippen LogP contribution is -2.46. The second-order valence-corrected chi connectivity index (χ2v) is 14.9. The Labute approximate surface area is 283 Å². The van der Waals surface area contributed by atoms with E-state index in [9.17, 15) is 19.2 Å². The van der Waals surface area contributed by atoms with E-state index in [1.807, 2.05) is 0 Å². The van der Waals surface area contributed by atoms with Gasteiger partial charge in [0.25, 0.3) is 5.56 Å². The summed E-state index contributed by atoms with van der Waals surface area (Å²) in [5.74, 6) is -0.806. The summed E-state index contributed by atoms with van der Waals surface area (Å²) in [7, 11) is 0. The maximum atomic E-state index is 15.6. The molecule has 2 aromatic carbocycles. The number of amides is 2. The Morgan fingerprint density at radius 2 is 1.48 bits per heavy atom. The van der Waals surface area contributed by atoms with Crippen molar-refractivity contribution in [3.05, 3.63) is 63.4 Å². The molecule has 0 atom stereocenters. The van der Waals surface area contributed by atoms with Gasteiger partial charge in [-0.05, 0) is 108 Å². The van der Waals surface area contributed by atoms with E-state index in [0.29, 0.717) is 31.2 Å². The molecule has 3 aromatic heterocycles. The van der Waals surface area contributed by atoms with Gasteiger partial charge in [-0.2, -0.15) is 14.7 Å². The highest BCUT2D eigenvalue weighted by atomic mass is 79.9. The molecular formula is C34H35BrFN5O7. The van der Waals surface area contributed by atoms with Gasteiger partial charge >= 0.3 is 18.3 Å². The lowest BCUT2D eigenvalue weighted by molar-refractivity contribution is 0.0427. The van der Waals surface area contributed by atoms with Crippen molar-refractivity contribution in [1.29, 1.82) is 0 Å². The number of rotatable bonds is 2. The Morgan fingerprint density at radius 1 is 0.875 bits per heavy atom. The van der Waals surface area contributed by atoms with E-state index in [1.165, 1.54) is 12.3 Å². The third-order valence-electron chi connectivity index (χ3n) is 6.70. The standard InChI is InChI=1S/C34H35BrFN5O7/c1-32(2,3)46-29(43)40(30(44)47-33(4,5)6)27-23(19-15-21(35)25-18(11-10-14-37-25)24(19)39-28(27)42)17-12-13-22(36)26-20(17)16-38-41(26)31(45)48-34(7,8)9/h10-16H,1-9H3,(H,39,42). The van der Waals surface area contributed by atoms with E-state index < -0.39 is 52.1 Å². The molecule has 1 N–H and O–H groups in total. The Bertz CT molecular complexity index is 2160. The molecular weight excluding hydrogens is 689 g/mol. The first-order chi connectivity index (χ1) is 22.2. The van der Waals surface area contributed by atoms with Gasteiger partial charge < -0.3 is 19.2 Å². The van der Waals surface area contributed by atoms with Crippen LogP contribution in [0.25, 0.3) is 43.8 Å². The van der Waals surface area contributed by atoms with Crippen molar-refractivity contribution in [2.45, 2.75) is 79.1 Å². The summed E-state index contributed by atoms with van der Waals surface area (Å²) in [6.07, 6.45) is -0.474. The maximum Gasteiger partial charge on any atom is 0.435 e.